The number of piperidine rings is 1. The van der Waals surface area contributed by atoms with Gasteiger partial charge < -0.3 is 10.6 Å². The van der Waals surface area contributed by atoms with E-state index < -0.39 is 0 Å². The zero-order valence-electron chi connectivity index (χ0n) is 11.6. The van der Waals surface area contributed by atoms with Crippen molar-refractivity contribution in [1.82, 2.24) is 10.3 Å². The summed E-state index contributed by atoms with van der Waals surface area (Å²) in [5, 5.41) is 7.93. The minimum atomic E-state index is 0.486. The molecule has 1 saturated heterocycles. The molecule has 3 unspecified atom stereocenters. The monoisotopic (exact) mass is 260 g/mol. The summed E-state index contributed by atoms with van der Waals surface area (Å²) in [5.41, 5.74) is 9.04. The number of rotatable bonds is 1. The highest BCUT2D eigenvalue weighted by molar-refractivity contribution is 5.95. The van der Waals surface area contributed by atoms with Gasteiger partial charge in [0.1, 0.15) is 0 Å². The molecule has 2 N–H and O–H groups in total. The Hall–Kier alpha value is -1.78. The minimum Gasteiger partial charge on any atom is -0.397 e. The summed E-state index contributed by atoms with van der Waals surface area (Å²) < 4.78 is 4.86. The van der Waals surface area contributed by atoms with Gasteiger partial charge in [0.25, 0.3) is 0 Å². The third-order valence-corrected chi connectivity index (χ3v) is 4.33. The van der Waals surface area contributed by atoms with E-state index in [1.165, 1.54) is 6.42 Å². The first-order valence-electron chi connectivity index (χ1n) is 6.85. The second-order valence-electron chi connectivity index (χ2n) is 5.85. The number of anilines is 2. The van der Waals surface area contributed by atoms with Crippen molar-refractivity contribution in [1.29, 1.82) is 0 Å². The number of hydrogen-bond acceptors (Lipinski definition) is 5. The molecule has 1 aromatic heterocycles. The van der Waals surface area contributed by atoms with Crippen molar-refractivity contribution in [3.05, 3.63) is 12.1 Å². The van der Waals surface area contributed by atoms with E-state index in [0.29, 0.717) is 29.1 Å². The van der Waals surface area contributed by atoms with Crippen LogP contribution in [0, 0.1) is 11.8 Å². The summed E-state index contributed by atoms with van der Waals surface area (Å²) >= 11 is 0. The van der Waals surface area contributed by atoms with Gasteiger partial charge in [0, 0.05) is 12.6 Å². The van der Waals surface area contributed by atoms with Crippen LogP contribution in [0.15, 0.2) is 16.8 Å². The Morgan fingerprint density at radius 2 is 1.95 bits per heavy atom. The van der Waals surface area contributed by atoms with Gasteiger partial charge in [-0.2, -0.15) is 0 Å². The molecule has 2 aromatic rings. The summed E-state index contributed by atoms with van der Waals surface area (Å²) in [4.78, 5) is 2.41. The van der Waals surface area contributed by atoms with E-state index in [4.69, 9.17) is 10.4 Å². The van der Waals surface area contributed by atoms with Gasteiger partial charge in [-0.3, -0.25) is 0 Å². The predicted octanol–water partition coefficient (Wildman–Crippen LogP) is 2.68. The largest absolute Gasteiger partial charge is 0.397 e. The smallest absolute Gasteiger partial charge is 0.160 e. The highest BCUT2D eigenvalue weighted by Gasteiger charge is 2.30. The molecule has 0 saturated carbocycles. The van der Waals surface area contributed by atoms with Crippen LogP contribution in [-0.2, 0) is 0 Å². The molecule has 0 radical (unpaired) electrons. The van der Waals surface area contributed by atoms with Crippen LogP contribution in [0.1, 0.15) is 27.2 Å². The molecule has 2 heterocycles. The first-order valence-corrected chi connectivity index (χ1v) is 6.85. The topological polar surface area (TPSA) is 68.2 Å². The van der Waals surface area contributed by atoms with Crippen LogP contribution in [0.4, 0.5) is 11.4 Å². The Labute approximate surface area is 112 Å². The molecule has 0 amide bonds. The van der Waals surface area contributed by atoms with E-state index in [9.17, 15) is 0 Å². The van der Waals surface area contributed by atoms with Gasteiger partial charge in [-0.05, 0) is 47.6 Å². The van der Waals surface area contributed by atoms with Gasteiger partial charge in [-0.25, -0.2) is 4.63 Å². The van der Waals surface area contributed by atoms with Gasteiger partial charge in [0.2, 0.25) is 0 Å². The number of aromatic nitrogens is 2. The Bertz CT molecular complexity index is 594. The maximum absolute atomic E-state index is 5.91. The van der Waals surface area contributed by atoms with Crippen molar-refractivity contribution in [2.24, 2.45) is 11.8 Å². The lowest BCUT2D eigenvalue weighted by molar-refractivity contribution is 0.296. The lowest BCUT2D eigenvalue weighted by atomic mass is 9.85. The zero-order valence-corrected chi connectivity index (χ0v) is 11.6. The Morgan fingerprint density at radius 3 is 2.74 bits per heavy atom. The molecular weight excluding hydrogens is 240 g/mol. The lowest BCUT2D eigenvalue weighted by Crippen LogP contribution is -2.46. The fraction of sp³-hybridized carbons (Fsp3) is 0.571. The molecule has 3 atom stereocenters. The van der Waals surface area contributed by atoms with Gasteiger partial charge in [-0.1, -0.05) is 13.8 Å². The highest BCUT2D eigenvalue weighted by atomic mass is 16.6. The molecule has 1 aliphatic rings. The SMILES string of the molecule is CC1CC(C)C(C)N(c2ccc(N)c3nonc23)C1. The van der Waals surface area contributed by atoms with E-state index in [-0.39, 0.29) is 0 Å². The molecule has 0 aliphatic carbocycles. The van der Waals surface area contributed by atoms with Gasteiger partial charge >= 0.3 is 0 Å². The average Bonchev–Trinajstić information content (AvgIpc) is 2.85. The van der Waals surface area contributed by atoms with Crippen LogP contribution in [-0.4, -0.2) is 22.9 Å². The summed E-state index contributed by atoms with van der Waals surface area (Å²) in [7, 11) is 0. The van der Waals surface area contributed by atoms with Crippen molar-refractivity contribution in [3.63, 3.8) is 0 Å². The van der Waals surface area contributed by atoms with Gasteiger partial charge in [0.05, 0.1) is 11.4 Å². The molecular formula is C14H20N4O. The molecule has 1 fully saturated rings. The maximum atomic E-state index is 5.91. The second kappa shape index (κ2) is 4.40. The first-order chi connectivity index (χ1) is 9.08. The van der Waals surface area contributed by atoms with Crippen molar-refractivity contribution in [3.8, 4) is 0 Å². The Kier molecular flexibility index (Phi) is 2.84. The van der Waals surface area contributed by atoms with E-state index in [2.05, 4.69) is 36.0 Å². The normalized spacial score (nSPS) is 27.9. The van der Waals surface area contributed by atoms with Crippen LogP contribution in [0.25, 0.3) is 11.0 Å². The quantitative estimate of drug-likeness (QED) is 0.798. The molecule has 5 nitrogen and oxygen atoms in total. The van der Waals surface area contributed by atoms with Crippen LogP contribution < -0.4 is 10.6 Å². The third-order valence-electron chi connectivity index (χ3n) is 4.33. The number of nitrogens with two attached hydrogens (primary N) is 1. The molecule has 1 aromatic carbocycles. The van der Waals surface area contributed by atoms with Crippen molar-refractivity contribution in [2.75, 3.05) is 17.2 Å². The predicted molar refractivity (Wildman–Crippen MR) is 76.0 cm³/mol. The van der Waals surface area contributed by atoms with E-state index in [1.807, 2.05) is 12.1 Å². The Balaban J connectivity index is 2.08. The zero-order chi connectivity index (χ0) is 13.6. The van der Waals surface area contributed by atoms with Gasteiger partial charge in [-0.15, -0.1) is 0 Å². The van der Waals surface area contributed by atoms with E-state index in [1.54, 1.807) is 0 Å². The minimum absolute atomic E-state index is 0.486. The lowest BCUT2D eigenvalue weighted by Gasteiger charge is -2.42. The maximum Gasteiger partial charge on any atom is 0.160 e. The van der Waals surface area contributed by atoms with Crippen molar-refractivity contribution in [2.45, 2.75) is 33.2 Å². The average molecular weight is 260 g/mol. The van der Waals surface area contributed by atoms with Crippen LogP contribution in [0.3, 0.4) is 0 Å². The summed E-state index contributed by atoms with van der Waals surface area (Å²) in [5.74, 6) is 1.34. The number of nitrogens with zero attached hydrogens (tertiary/aromatic N) is 3. The summed E-state index contributed by atoms with van der Waals surface area (Å²) in [6.45, 7) is 7.91. The summed E-state index contributed by atoms with van der Waals surface area (Å²) in [6.07, 6.45) is 1.27. The first kappa shape index (κ1) is 12.3. The third kappa shape index (κ3) is 1.93. The number of nitrogen functional groups attached to an aromatic ring is 1. The molecule has 1 aliphatic heterocycles. The van der Waals surface area contributed by atoms with Gasteiger partial charge in [0.15, 0.2) is 11.0 Å². The van der Waals surface area contributed by atoms with Crippen LogP contribution in [0.5, 0.6) is 0 Å². The summed E-state index contributed by atoms with van der Waals surface area (Å²) in [6, 6.07) is 4.40. The van der Waals surface area contributed by atoms with E-state index >= 15 is 0 Å². The number of hydrogen-bond donors (Lipinski definition) is 1. The molecule has 0 bridgehead atoms. The molecule has 102 valence electrons. The standard InChI is InChI=1S/C14H20N4O/c1-8-6-9(2)10(3)18(7-8)12-5-4-11(15)13-14(12)17-19-16-13/h4-5,8-10H,6-7,15H2,1-3H3. The molecule has 0 spiro atoms. The fourth-order valence-corrected chi connectivity index (χ4v) is 3.14. The second-order valence-corrected chi connectivity index (χ2v) is 5.85. The fourth-order valence-electron chi connectivity index (χ4n) is 3.14. The Morgan fingerprint density at radius 1 is 1.21 bits per heavy atom. The molecule has 3 rings (SSSR count). The van der Waals surface area contributed by atoms with Crippen molar-refractivity contribution >= 4 is 22.4 Å². The van der Waals surface area contributed by atoms with Crippen LogP contribution in [0.2, 0.25) is 0 Å². The molecule has 19 heavy (non-hydrogen) atoms. The van der Waals surface area contributed by atoms with Crippen molar-refractivity contribution < 1.29 is 4.63 Å². The number of benzene rings is 1. The molecule has 5 heteroatoms. The van der Waals surface area contributed by atoms with E-state index in [0.717, 1.165) is 17.7 Å². The highest BCUT2D eigenvalue weighted by Crippen LogP contribution is 2.35. The van der Waals surface area contributed by atoms with Crippen LogP contribution >= 0.6 is 0 Å². The number of fused-ring (bicyclic) bond motifs is 1.